The van der Waals surface area contributed by atoms with Gasteiger partial charge in [0.2, 0.25) is 5.91 Å². The Labute approximate surface area is 71.3 Å². The maximum Gasteiger partial charge on any atom is 0.325 e. The molecule has 3 amide bonds. The highest BCUT2D eigenvalue weighted by molar-refractivity contribution is 5.96. The van der Waals surface area contributed by atoms with Gasteiger partial charge in [-0.1, -0.05) is 0 Å². The van der Waals surface area contributed by atoms with Crippen molar-refractivity contribution >= 4 is 11.9 Å². The van der Waals surface area contributed by atoms with Crippen LogP contribution >= 0.6 is 0 Å². The van der Waals surface area contributed by atoms with Gasteiger partial charge >= 0.3 is 6.03 Å². The van der Waals surface area contributed by atoms with E-state index >= 15 is 0 Å². The summed E-state index contributed by atoms with van der Waals surface area (Å²) in [5.41, 5.74) is 0. The Morgan fingerprint density at radius 2 is 2.08 bits per heavy atom. The first-order chi connectivity index (χ1) is 5.52. The van der Waals surface area contributed by atoms with Gasteiger partial charge in [0.25, 0.3) is 0 Å². The molecule has 1 saturated heterocycles. The van der Waals surface area contributed by atoms with E-state index in [2.05, 4.69) is 5.32 Å². The highest BCUT2D eigenvalue weighted by Crippen LogP contribution is 2.06. The second kappa shape index (κ2) is 3.10. The molecule has 5 nitrogen and oxygen atoms in total. The summed E-state index contributed by atoms with van der Waals surface area (Å²) >= 11 is 0. The summed E-state index contributed by atoms with van der Waals surface area (Å²) in [6.45, 7) is 0. The highest BCUT2D eigenvalue weighted by atomic mass is 16.2. The van der Waals surface area contributed by atoms with E-state index in [0.717, 1.165) is 4.90 Å². The predicted molar refractivity (Wildman–Crippen MR) is 43.4 cm³/mol. The van der Waals surface area contributed by atoms with Crippen LogP contribution in [0.5, 0.6) is 0 Å². The van der Waals surface area contributed by atoms with Crippen LogP contribution in [0.3, 0.4) is 0 Å². The third kappa shape index (κ3) is 1.55. The lowest BCUT2D eigenvalue weighted by Crippen LogP contribution is -2.57. The third-order valence-electron chi connectivity index (χ3n) is 1.96. The fraction of sp³-hybridized carbons (Fsp3) is 0.714. The second-order valence-corrected chi connectivity index (χ2v) is 3.09. The summed E-state index contributed by atoms with van der Waals surface area (Å²) in [6.07, 6.45) is 0.177. The zero-order valence-electron chi connectivity index (χ0n) is 7.50. The van der Waals surface area contributed by atoms with E-state index in [1.807, 2.05) is 19.0 Å². The zero-order chi connectivity index (χ0) is 9.30. The molecule has 0 spiro atoms. The topological polar surface area (TPSA) is 52.7 Å². The van der Waals surface area contributed by atoms with Crippen molar-refractivity contribution in [3.05, 3.63) is 0 Å². The number of hydrogen-bond donors (Lipinski definition) is 1. The maximum absolute atomic E-state index is 11.2. The Hall–Kier alpha value is -1.10. The summed E-state index contributed by atoms with van der Waals surface area (Å²) in [7, 11) is 5.12. The molecule has 1 rings (SSSR count). The molecule has 1 aliphatic rings. The van der Waals surface area contributed by atoms with Gasteiger partial charge in [-0.15, -0.1) is 0 Å². The molecule has 1 unspecified atom stereocenters. The van der Waals surface area contributed by atoms with Crippen molar-refractivity contribution in [1.29, 1.82) is 0 Å². The molecular formula is C7H13N3O2. The normalized spacial score (nSPS) is 24.7. The van der Waals surface area contributed by atoms with E-state index in [1.165, 1.54) is 7.05 Å². The molecule has 0 bridgehead atoms. The lowest BCUT2D eigenvalue weighted by molar-refractivity contribution is -0.130. The summed E-state index contributed by atoms with van der Waals surface area (Å²) in [4.78, 5) is 25.2. The quantitative estimate of drug-likeness (QED) is 0.575. The number of carbonyl (C=O) groups excluding carboxylic acids is 2. The Morgan fingerprint density at radius 1 is 1.50 bits per heavy atom. The van der Waals surface area contributed by atoms with Crippen LogP contribution in [-0.4, -0.2) is 49.0 Å². The van der Waals surface area contributed by atoms with E-state index in [1.54, 1.807) is 0 Å². The number of imide groups is 1. The van der Waals surface area contributed by atoms with Crippen LogP contribution in [0, 0.1) is 0 Å². The number of rotatable bonds is 1. The predicted octanol–water partition coefficient (Wildman–Crippen LogP) is -0.554. The molecule has 68 valence electrons. The molecule has 1 fully saturated rings. The SMILES string of the molecule is CN1C(=O)CC(N(C)C)NC1=O. The second-order valence-electron chi connectivity index (χ2n) is 3.09. The molecule has 0 saturated carbocycles. The lowest BCUT2D eigenvalue weighted by atomic mass is 10.2. The van der Waals surface area contributed by atoms with Crippen LogP contribution in [0.15, 0.2) is 0 Å². The van der Waals surface area contributed by atoms with Gasteiger partial charge in [0.15, 0.2) is 0 Å². The minimum Gasteiger partial charge on any atom is -0.322 e. The first kappa shape index (κ1) is 8.99. The highest BCUT2D eigenvalue weighted by Gasteiger charge is 2.29. The molecule has 0 aromatic rings. The van der Waals surface area contributed by atoms with Crippen LogP contribution in [0.25, 0.3) is 0 Å². The van der Waals surface area contributed by atoms with E-state index in [4.69, 9.17) is 0 Å². The summed E-state index contributed by atoms with van der Waals surface area (Å²) < 4.78 is 0. The number of hydrogen-bond acceptors (Lipinski definition) is 3. The first-order valence-corrected chi connectivity index (χ1v) is 3.76. The Kier molecular flexibility index (Phi) is 2.32. The van der Waals surface area contributed by atoms with Gasteiger partial charge in [-0.3, -0.25) is 14.6 Å². The van der Waals surface area contributed by atoms with Crippen molar-refractivity contribution < 1.29 is 9.59 Å². The Balaban J connectivity index is 2.66. The number of nitrogens with one attached hydrogen (secondary N) is 1. The van der Waals surface area contributed by atoms with Crippen LogP contribution in [0.1, 0.15) is 6.42 Å². The summed E-state index contributed by atoms with van der Waals surface area (Å²) in [5.74, 6) is -0.141. The van der Waals surface area contributed by atoms with Crippen LogP contribution < -0.4 is 5.32 Å². The van der Waals surface area contributed by atoms with E-state index in [-0.39, 0.29) is 18.1 Å². The van der Waals surface area contributed by atoms with Crippen molar-refractivity contribution in [3.63, 3.8) is 0 Å². The Morgan fingerprint density at radius 3 is 2.50 bits per heavy atom. The molecule has 1 N–H and O–H groups in total. The smallest absolute Gasteiger partial charge is 0.322 e. The van der Waals surface area contributed by atoms with Crippen LogP contribution in [-0.2, 0) is 4.79 Å². The average Bonchev–Trinajstić information content (AvgIpc) is 1.99. The van der Waals surface area contributed by atoms with Crippen molar-refractivity contribution in [3.8, 4) is 0 Å². The standard InChI is InChI=1S/C7H13N3O2/c1-9(2)5-4-6(11)10(3)7(12)8-5/h5H,4H2,1-3H3,(H,8,12). The molecule has 0 radical (unpaired) electrons. The van der Waals surface area contributed by atoms with Gasteiger partial charge in [0.1, 0.15) is 0 Å². The number of amides is 3. The van der Waals surface area contributed by atoms with Gasteiger partial charge < -0.3 is 5.32 Å². The fourth-order valence-electron chi connectivity index (χ4n) is 1.02. The molecule has 0 aliphatic carbocycles. The van der Waals surface area contributed by atoms with Gasteiger partial charge in [-0.2, -0.15) is 0 Å². The lowest BCUT2D eigenvalue weighted by Gasteiger charge is -2.32. The van der Waals surface area contributed by atoms with Gasteiger partial charge in [0.05, 0.1) is 12.6 Å². The average molecular weight is 171 g/mol. The minimum absolute atomic E-state index is 0.141. The van der Waals surface area contributed by atoms with Gasteiger partial charge in [-0.25, -0.2) is 4.79 Å². The van der Waals surface area contributed by atoms with E-state index in [9.17, 15) is 9.59 Å². The number of urea groups is 1. The van der Waals surface area contributed by atoms with Crippen molar-refractivity contribution in [2.75, 3.05) is 21.1 Å². The van der Waals surface area contributed by atoms with Crippen molar-refractivity contribution in [2.45, 2.75) is 12.6 Å². The molecule has 1 aliphatic heterocycles. The number of nitrogens with zero attached hydrogens (tertiary/aromatic N) is 2. The molecular weight excluding hydrogens is 158 g/mol. The molecule has 0 aromatic heterocycles. The van der Waals surface area contributed by atoms with E-state index < -0.39 is 0 Å². The molecule has 5 heteroatoms. The van der Waals surface area contributed by atoms with E-state index in [0.29, 0.717) is 6.42 Å². The maximum atomic E-state index is 11.2. The van der Waals surface area contributed by atoms with Crippen LogP contribution in [0.2, 0.25) is 0 Å². The summed E-state index contributed by atoms with van der Waals surface area (Å²) in [5, 5.41) is 2.69. The van der Waals surface area contributed by atoms with Crippen molar-refractivity contribution in [2.24, 2.45) is 0 Å². The first-order valence-electron chi connectivity index (χ1n) is 3.76. The summed E-state index contributed by atoms with van der Waals surface area (Å²) in [6, 6.07) is -0.329. The van der Waals surface area contributed by atoms with Crippen molar-refractivity contribution in [1.82, 2.24) is 15.1 Å². The van der Waals surface area contributed by atoms with Gasteiger partial charge in [0, 0.05) is 7.05 Å². The fourth-order valence-corrected chi connectivity index (χ4v) is 1.02. The molecule has 1 heterocycles. The zero-order valence-corrected chi connectivity index (χ0v) is 7.50. The molecule has 1 atom stereocenters. The molecule has 0 aromatic carbocycles. The molecule has 12 heavy (non-hydrogen) atoms. The largest absolute Gasteiger partial charge is 0.325 e. The minimum atomic E-state index is -0.329. The number of carbonyl (C=O) groups is 2. The monoisotopic (exact) mass is 171 g/mol. The Bertz CT molecular complexity index is 197. The third-order valence-corrected chi connectivity index (χ3v) is 1.96. The van der Waals surface area contributed by atoms with Gasteiger partial charge in [-0.05, 0) is 14.1 Å². The van der Waals surface area contributed by atoms with Crippen LogP contribution in [0.4, 0.5) is 4.79 Å².